The molecule has 20 heavy (non-hydrogen) atoms. The van der Waals surface area contributed by atoms with Crippen molar-refractivity contribution in [3.8, 4) is 11.5 Å². The van der Waals surface area contributed by atoms with E-state index >= 15 is 0 Å². The number of nitrogen functional groups attached to an aromatic ring is 1. The van der Waals surface area contributed by atoms with Gasteiger partial charge in [0.2, 0.25) is 0 Å². The van der Waals surface area contributed by atoms with Crippen LogP contribution < -0.4 is 15.2 Å². The van der Waals surface area contributed by atoms with Gasteiger partial charge in [-0.1, -0.05) is 18.2 Å². The number of ether oxygens (including phenoxy) is 2. The highest BCUT2D eigenvalue weighted by Gasteiger charge is 2.32. The molecular formula is C16H18N2O2. The first-order chi connectivity index (χ1) is 9.53. The normalized spacial score (nSPS) is 15.5. The maximum Gasteiger partial charge on any atom is 0.165 e. The minimum atomic E-state index is -0.162. The van der Waals surface area contributed by atoms with Gasteiger partial charge in [0.05, 0.1) is 0 Å². The fraction of sp³-hybridized carbons (Fsp3) is 0.312. The molecule has 0 bridgehead atoms. The van der Waals surface area contributed by atoms with E-state index < -0.39 is 0 Å². The van der Waals surface area contributed by atoms with Crippen molar-refractivity contribution < 1.29 is 9.47 Å². The first kappa shape index (κ1) is 12.8. The zero-order chi connectivity index (χ0) is 14.2. The number of para-hydroxylation sites is 1. The molecule has 0 amide bonds. The van der Waals surface area contributed by atoms with Crippen molar-refractivity contribution in [2.24, 2.45) is 0 Å². The highest BCUT2D eigenvalue weighted by atomic mass is 16.5. The Hall–Kier alpha value is -2.23. The van der Waals surface area contributed by atoms with E-state index in [1.807, 2.05) is 18.2 Å². The molecule has 0 spiro atoms. The summed E-state index contributed by atoms with van der Waals surface area (Å²) in [5.74, 6) is 2.16. The Kier molecular flexibility index (Phi) is 3.01. The van der Waals surface area contributed by atoms with Crippen LogP contribution in [0, 0.1) is 0 Å². The Morgan fingerprint density at radius 3 is 2.90 bits per heavy atom. The van der Waals surface area contributed by atoms with Gasteiger partial charge >= 0.3 is 0 Å². The van der Waals surface area contributed by atoms with Gasteiger partial charge in [-0.2, -0.15) is 0 Å². The molecule has 2 heterocycles. The lowest BCUT2D eigenvalue weighted by Gasteiger charge is -2.18. The Labute approximate surface area is 118 Å². The molecule has 3 rings (SSSR count). The second-order valence-corrected chi connectivity index (χ2v) is 5.66. The average molecular weight is 270 g/mol. The maximum atomic E-state index is 5.97. The standard InChI is InChI=1S/C16H18N2O2/c1-16(2)8-12-4-3-5-13(15(12)20-16)19-10-11-6-7-14(17)18-9-11/h3-7,9H,8,10H2,1-2H3,(H2,17,18). The zero-order valence-electron chi connectivity index (χ0n) is 11.7. The van der Waals surface area contributed by atoms with Crippen molar-refractivity contribution in [2.75, 3.05) is 5.73 Å². The third-order valence-electron chi connectivity index (χ3n) is 3.30. The summed E-state index contributed by atoms with van der Waals surface area (Å²) in [6.07, 6.45) is 2.63. The van der Waals surface area contributed by atoms with Crippen molar-refractivity contribution in [3.05, 3.63) is 47.7 Å². The fourth-order valence-corrected chi connectivity index (χ4v) is 2.38. The number of rotatable bonds is 3. The molecule has 1 aromatic heterocycles. The second kappa shape index (κ2) is 4.71. The van der Waals surface area contributed by atoms with Crippen molar-refractivity contribution in [1.82, 2.24) is 4.98 Å². The van der Waals surface area contributed by atoms with Crippen LogP contribution in [-0.2, 0) is 13.0 Å². The van der Waals surface area contributed by atoms with Crippen LogP contribution >= 0.6 is 0 Å². The smallest absolute Gasteiger partial charge is 0.165 e. The highest BCUT2D eigenvalue weighted by Crippen LogP contribution is 2.41. The van der Waals surface area contributed by atoms with Gasteiger partial charge in [0.1, 0.15) is 18.0 Å². The number of hydrogen-bond donors (Lipinski definition) is 1. The van der Waals surface area contributed by atoms with Crippen molar-refractivity contribution >= 4 is 5.82 Å². The maximum absolute atomic E-state index is 5.97. The Morgan fingerprint density at radius 1 is 1.30 bits per heavy atom. The van der Waals surface area contributed by atoms with Crippen molar-refractivity contribution in [2.45, 2.75) is 32.5 Å². The summed E-state index contributed by atoms with van der Waals surface area (Å²) < 4.78 is 11.8. The van der Waals surface area contributed by atoms with Crippen LogP contribution in [0.25, 0.3) is 0 Å². The minimum Gasteiger partial charge on any atom is -0.485 e. The second-order valence-electron chi connectivity index (χ2n) is 5.66. The van der Waals surface area contributed by atoms with Gasteiger partial charge in [0.25, 0.3) is 0 Å². The minimum absolute atomic E-state index is 0.162. The Bertz CT molecular complexity index is 621. The van der Waals surface area contributed by atoms with Gasteiger partial charge in [-0.15, -0.1) is 0 Å². The summed E-state index contributed by atoms with van der Waals surface area (Å²) in [6, 6.07) is 9.71. The molecule has 1 aliphatic heterocycles. The number of anilines is 1. The van der Waals surface area contributed by atoms with E-state index in [1.165, 1.54) is 5.56 Å². The molecule has 4 heteroatoms. The topological polar surface area (TPSA) is 57.4 Å². The van der Waals surface area contributed by atoms with E-state index in [4.69, 9.17) is 15.2 Å². The predicted molar refractivity (Wildman–Crippen MR) is 77.8 cm³/mol. The SMILES string of the molecule is CC1(C)Cc2cccc(OCc3ccc(N)nc3)c2O1. The van der Waals surface area contributed by atoms with Crippen LogP contribution in [-0.4, -0.2) is 10.6 Å². The van der Waals surface area contributed by atoms with Crippen LogP contribution in [0.15, 0.2) is 36.5 Å². The predicted octanol–water partition coefficient (Wildman–Crippen LogP) is 2.96. The molecule has 0 aliphatic carbocycles. The van der Waals surface area contributed by atoms with Crippen LogP contribution in [0.4, 0.5) is 5.82 Å². The summed E-state index contributed by atoms with van der Waals surface area (Å²) in [7, 11) is 0. The summed E-state index contributed by atoms with van der Waals surface area (Å²) in [5.41, 5.74) is 7.58. The van der Waals surface area contributed by atoms with Gasteiger partial charge in [-0.05, 0) is 26.0 Å². The van der Waals surface area contributed by atoms with Crippen molar-refractivity contribution in [1.29, 1.82) is 0 Å². The molecule has 0 saturated carbocycles. The molecule has 0 atom stereocenters. The van der Waals surface area contributed by atoms with Crippen molar-refractivity contribution in [3.63, 3.8) is 0 Å². The average Bonchev–Trinajstić information content (AvgIpc) is 2.72. The van der Waals surface area contributed by atoms with Gasteiger partial charge < -0.3 is 15.2 Å². The quantitative estimate of drug-likeness (QED) is 0.931. The number of nitrogens with zero attached hydrogens (tertiary/aromatic N) is 1. The zero-order valence-corrected chi connectivity index (χ0v) is 11.7. The largest absolute Gasteiger partial charge is 0.485 e. The molecular weight excluding hydrogens is 252 g/mol. The Balaban J connectivity index is 1.76. The van der Waals surface area contributed by atoms with Gasteiger partial charge in [0, 0.05) is 23.7 Å². The summed E-state index contributed by atoms with van der Waals surface area (Å²) in [5, 5.41) is 0. The number of nitrogens with two attached hydrogens (primary N) is 1. The molecule has 0 radical (unpaired) electrons. The third-order valence-corrected chi connectivity index (χ3v) is 3.30. The van der Waals surface area contributed by atoms with Gasteiger partial charge in [0.15, 0.2) is 11.5 Å². The van der Waals surface area contributed by atoms with Crippen LogP contribution in [0.3, 0.4) is 0 Å². The number of pyridine rings is 1. The number of benzene rings is 1. The van der Waals surface area contributed by atoms with Crippen LogP contribution in [0.5, 0.6) is 11.5 Å². The van der Waals surface area contributed by atoms with E-state index in [2.05, 4.69) is 24.9 Å². The first-order valence-electron chi connectivity index (χ1n) is 6.68. The van der Waals surface area contributed by atoms with Gasteiger partial charge in [-0.25, -0.2) is 4.98 Å². The molecule has 1 aliphatic rings. The molecule has 0 fully saturated rings. The van der Waals surface area contributed by atoms with E-state index in [1.54, 1.807) is 12.3 Å². The third kappa shape index (κ3) is 2.54. The molecule has 0 saturated heterocycles. The summed E-state index contributed by atoms with van der Waals surface area (Å²) in [6.45, 7) is 4.62. The number of fused-ring (bicyclic) bond motifs is 1. The molecule has 2 aromatic rings. The van der Waals surface area contributed by atoms with E-state index in [-0.39, 0.29) is 5.60 Å². The van der Waals surface area contributed by atoms with Crippen LogP contribution in [0.2, 0.25) is 0 Å². The number of hydrogen-bond acceptors (Lipinski definition) is 4. The van der Waals surface area contributed by atoms with Gasteiger partial charge in [-0.3, -0.25) is 0 Å². The monoisotopic (exact) mass is 270 g/mol. The molecule has 2 N–H and O–H groups in total. The molecule has 1 aromatic carbocycles. The number of aromatic nitrogens is 1. The van der Waals surface area contributed by atoms with E-state index in [9.17, 15) is 0 Å². The van der Waals surface area contributed by atoms with Crippen LogP contribution in [0.1, 0.15) is 25.0 Å². The lowest BCUT2D eigenvalue weighted by atomic mass is 10.0. The van der Waals surface area contributed by atoms with E-state index in [0.717, 1.165) is 23.5 Å². The highest BCUT2D eigenvalue weighted by molar-refractivity contribution is 5.50. The molecule has 4 nitrogen and oxygen atoms in total. The lowest BCUT2D eigenvalue weighted by molar-refractivity contribution is 0.131. The van der Waals surface area contributed by atoms with E-state index in [0.29, 0.717) is 12.4 Å². The summed E-state index contributed by atoms with van der Waals surface area (Å²) in [4.78, 5) is 4.05. The summed E-state index contributed by atoms with van der Waals surface area (Å²) >= 11 is 0. The molecule has 104 valence electrons. The first-order valence-corrected chi connectivity index (χ1v) is 6.68. The lowest BCUT2D eigenvalue weighted by Crippen LogP contribution is -2.24. The Morgan fingerprint density at radius 2 is 2.15 bits per heavy atom. The molecule has 0 unspecified atom stereocenters. The fourth-order valence-electron chi connectivity index (χ4n) is 2.38.